The molecule has 1 saturated heterocycles. The fraction of sp³-hybridized carbons (Fsp3) is 0.357. The highest BCUT2D eigenvalue weighted by molar-refractivity contribution is 5.96. The molecule has 3 N–H and O–H groups in total. The maximum absolute atomic E-state index is 12.1. The molecule has 112 valence electrons. The molecule has 1 aromatic rings. The minimum Gasteiger partial charge on any atom is -0.480 e. The van der Waals surface area contributed by atoms with Crippen molar-refractivity contribution >= 4 is 23.5 Å². The third kappa shape index (κ3) is 3.38. The van der Waals surface area contributed by atoms with Gasteiger partial charge in [0.1, 0.15) is 6.04 Å². The summed E-state index contributed by atoms with van der Waals surface area (Å²) in [5.41, 5.74) is 0.975. The number of amides is 2. The predicted octanol–water partition coefficient (Wildman–Crippen LogP) is 0.941. The molecule has 2 unspecified atom stereocenters. The second kappa shape index (κ2) is 5.92. The zero-order chi connectivity index (χ0) is 15.6. The fourth-order valence-electron chi connectivity index (χ4n) is 2.26. The number of anilines is 1. The number of nitrogens with zero attached hydrogens (tertiary/aromatic N) is 1. The second-order valence-electron chi connectivity index (χ2n) is 4.96. The van der Waals surface area contributed by atoms with Crippen LogP contribution in [0.25, 0.3) is 0 Å². The Morgan fingerprint density at radius 3 is 2.38 bits per heavy atom. The molecule has 2 rings (SSSR count). The summed E-state index contributed by atoms with van der Waals surface area (Å²) in [5, 5.41) is 21.1. The van der Waals surface area contributed by atoms with Gasteiger partial charge >= 0.3 is 12.0 Å². The van der Waals surface area contributed by atoms with Crippen molar-refractivity contribution in [1.82, 2.24) is 4.90 Å². The van der Waals surface area contributed by atoms with Crippen LogP contribution in [-0.2, 0) is 4.79 Å². The number of aliphatic hydroxyl groups is 1. The molecule has 1 aromatic carbocycles. The Morgan fingerprint density at radius 2 is 1.86 bits per heavy atom. The number of carbonyl (C=O) groups is 3. The summed E-state index contributed by atoms with van der Waals surface area (Å²) in [7, 11) is 0. The van der Waals surface area contributed by atoms with Crippen molar-refractivity contribution in [3.63, 3.8) is 0 Å². The van der Waals surface area contributed by atoms with Crippen LogP contribution in [0.4, 0.5) is 10.5 Å². The van der Waals surface area contributed by atoms with Gasteiger partial charge in [0, 0.05) is 24.2 Å². The van der Waals surface area contributed by atoms with Crippen LogP contribution in [0.1, 0.15) is 23.7 Å². The standard InChI is InChI=1S/C14H16N2O5/c1-8(17)9-2-4-10(5-3-9)15-14(21)16-7-11(18)6-12(16)13(19)20/h2-5,11-12,18H,6-7H2,1H3,(H,15,21)(H,19,20). The molecular formula is C14H16N2O5. The molecule has 2 atom stereocenters. The third-order valence-electron chi connectivity index (χ3n) is 3.37. The van der Waals surface area contributed by atoms with Gasteiger partial charge in [0.25, 0.3) is 0 Å². The van der Waals surface area contributed by atoms with Crippen LogP contribution in [0.2, 0.25) is 0 Å². The Morgan fingerprint density at radius 1 is 1.24 bits per heavy atom. The number of aliphatic carboxylic acids is 1. The van der Waals surface area contributed by atoms with E-state index in [0.717, 1.165) is 4.90 Å². The number of hydrogen-bond donors (Lipinski definition) is 3. The number of benzene rings is 1. The van der Waals surface area contributed by atoms with Crippen LogP contribution < -0.4 is 5.32 Å². The first-order chi connectivity index (χ1) is 9.88. The van der Waals surface area contributed by atoms with Gasteiger partial charge in [-0.1, -0.05) is 0 Å². The summed E-state index contributed by atoms with van der Waals surface area (Å²) in [6.07, 6.45) is -0.816. The Labute approximate surface area is 121 Å². The largest absolute Gasteiger partial charge is 0.480 e. The average molecular weight is 292 g/mol. The van der Waals surface area contributed by atoms with Crippen LogP contribution in [0.15, 0.2) is 24.3 Å². The monoisotopic (exact) mass is 292 g/mol. The van der Waals surface area contributed by atoms with Crippen LogP contribution in [0.5, 0.6) is 0 Å². The van der Waals surface area contributed by atoms with E-state index in [2.05, 4.69) is 5.32 Å². The van der Waals surface area contributed by atoms with E-state index in [1.54, 1.807) is 24.3 Å². The van der Waals surface area contributed by atoms with Crippen molar-refractivity contribution in [1.29, 1.82) is 0 Å². The number of ketones is 1. The zero-order valence-electron chi connectivity index (χ0n) is 11.4. The molecule has 0 spiro atoms. The molecule has 2 amide bonds. The smallest absolute Gasteiger partial charge is 0.326 e. The SMILES string of the molecule is CC(=O)c1ccc(NC(=O)N2CC(O)CC2C(=O)O)cc1. The molecule has 1 aliphatic rings. The molecule has 7 heteroatoms. The lowest BCUT2D eigenvalue weighted by Gasteiger charge is -2.21. The van der Waals surface area contributed by atoms with Crippen LogP contribution in [0.3, 0.4) is 0 Å². The van der Waals surface area contributed by atoms with Gasteiger partial charge in [0.05, 0.1) is 6.10 Å². The van der Waals surface area contributed by atoms with Crippen molar-refractivity contribution in [3.8, 4) is 0 Å². The maximum atomic E-state index is 12.1. The van der Waals surface area contributed by atoms with Gasteiger partial charge in [-0.2, -0.15) is 0 Å². The first kappa shape index (κ1) is 15.0. The van der Waals surface area contributed by atoms with Gasteiger partial charge in [-0.3, -0.25) is 4.79 Å². The molecule has 1 fully saturated rings. The number of nitrogens with one attached hydrogen (secondary N) is 1. The van der Waals surface area contributed by atoms with Gasteiger partial charge in [0.15, 0.2) is 5.78 Å². The lowest BCUT2D eigenvalue weighted by Crippen LogP contribution is -2.43. The van der Waals surface area contributed by atoms with E-state index in [1.165, 1.54) is 6.92 Å². The average Bonchev–Trinajstić information content (AvgIpc) is 2.82. The van der Waals surface area contributed by atoms with Crippen molar-refractivity contribution < 1.29 is 24.6 Å². The molecule has 7 nitrogen and oxygen atoms in total. The molecule has 1 aliphatic heterocycles. The normalized spacial score (nSPS) is 21.1. The van der Waals surface area contributed by atoms with Crippen molar-refractivity contribution in [2.45, 2.75) is 25.5 Å². The Bertz CT molecular complexity index is 569. The van der Waals surface area contributed by atoms with E-state index in [4.69, 9.17) is 5.11 Å². The third-order valence-corrected chi connectivity index (χ3v) is 3.37. The summed E-state index contributed by atoms with van der Waals surface area (Å²) in [6, 6.07) is 4.66. The van der Waals surface area contributed by atoms with Crippen molar-refractivity contribution in [3.05, 3.63) is 29.8 Å². The van der Waals surface area contributed by atoms with Crippen molar-refractivity contribution in [2.75, 3.05) is 11.9 Å². The minimum absolute atomic E-state index is 0.0195. The Kier molecular flexibility index (Phi) is 4.23. The molecule has 1 heterocycles. The summed E-state index contributed by atoms with van der Waals surface area (Å²) >= 11 is 0. The fourth-order valence-corrected chi connectivity index (χ4v) is 2.26. The number of carbonyl (C=O) groups excluding carboxylic acids is 2. The molecular weight excluding hydrogens is 276 g/mol. The van der Waals surface area contributed by atoms with Crippen molar-refractivity contribution in [2.24, 2.45) is 0 Å². The summed E-state index contributed by atoms with van der Waals surface area (Å²) < 4.78 is 0. The predicted molar refractivity (Wildman–Crippen MR) is 74.2 cm³/mol. The molecule has 0 saturated carbocycles. The van der Waals surface area contributed by atoms with E-state index < -0.39 is 24.1 Å². The number of Topliss-reactive ketones (excluding diaryl/α,β-unsaturated/α-hetero) is 1. The lowest BCUT2D eigenvalue weighted by molar-refractivity contribution is -0.141. The van der Waals surface area contributed by atoms with E-state index in [0.29, 0.717) is 11.3 Å². The number of likely N-dealkylation sites (tertiary alicyclic amines) is 1. The van der Waals surface area contributed by atoms with E-state index >= 15 is 0 Å². The minimum atomic E-state index is -1.14. The molecule has 21 heavy (non-hydrogen) atoms. The quantitative estimate of drug-likeness (QED) is 0.719. The number of hydrogen-bond acceptors (Lipinski definition) is 4. The second-order valence-corrected chi connectivity index (χ2v) is 4.96. The van der Waals surface area contributed by atoms with E-state index in [9.17, 15) is 19.5 Å². The highest BCUT2D eigenvalue weighted by atomic mass is 16.4. The van der Waals surface area contributed by atoms with Crippen LogP contribution in [-0.4, -0.2) is 51.6 Å². The number of aliphatic hydroxyl groups excluding tert-OH is 1. The van der Waals surface area contributed by atoms with Crippen LogP contribution >= 0.6 is 0 Å². The highest BCUT2D eigenvalue weighted by Gasteiger charge is 2.38. The Balaban J connectivity index is 2.06. The Hall–Kier alpha value is -2.41. The van der Waals surface area contributed by atoms with Gasteiger partial charge in [0.2, 0.25) is 0 Å². The van der Waals surface area contributed by atoms with Gasteiger partial charge in [-0.15, -0.1) is 0 Å². The molecule has 0 radical (unpaired) electrons. The molecule has 0 bridgehead atoms. The highest BCUT2D eigenvalue weighted by Crippen LogP contribution is 2.20. The molecule has 0 aliphatic carbocycles. The lowest BCUT2D eigenvalue weighted by atomic mass is 10.1. The van der Waals surface area contributed by atoms with E-state index in [1.807, 2.05) is 0 Å². The first-order valence-electron chi connectivity index (χ1n) is 6.48. The number of carboxylic acids is 1. The topological polar surface area (TPSA) is 107 Å². The van der Waals surface area contributed by atoms with Gasteiger partial charge in [-0.05, 0) is 31.2 Å². The maximum Gasteiger partial charge on any atom is 0.326 e. The number of rotatable bonds is 3. The molecule has 0 aromatic heterocycles. The van der Waals surface area contributed by atoms with Crippen LogP contribution in [0, 0.1) is 0 Å². The zero-order valence-corrected chi connectivity index (χ0v) is 11.4. The van der Waals surface area contributed by atoms with Gasteiger partial charge < -0.3 is 20.4 Å². The van der Waals surface area contributed by atoms with E-state index in [-0.39, 0.29) is 18.7 Å². The summed E-state index contributed by atoms with van der Waals surface area (Å²) in [5.74, 6) is -1.23. The van der Waals surface area contributed by atoms with Gasteiger partial charge in [-0.25, -0.2) is 9.59 Å². The first-order valence-corrected chi connectivity index (χ1v) is 6.48. The number of carboxylic acid groups (broad SMARTS) is 1. The number of β-amino-alcohol motifs (C(OH)–C–C–N with tert-alkyl or cyclic N) is 1. The number of urea groups is 1. The summed E-state index contributed by atoms with van der Waals surface area (Å²) in [4.78, 5) is 35.4. The summed E-state index contributed by atoms with van der Waals surface area (Å²) in [6.45, 7) is 1.42.